The first-order valence-corrected chi connectivity index (χ1v) is 22.0. The van der Waals surface area contributed by atoms with Crippen molar-refractivity contribution < 1.29 is 0 Å². The molecule has 0 radical (unpaired) electrons. The number of hydrogen-bond acceptors (Lipinski definition) is 9. The van der Waals surface area contributed by atoms with E-state index in [4.69, 9.17) is 31.2 Å². The molecule has 8 nitrogen and oxygen atoms in total. The van der Waals surface area contributed by atoms with Crippen LogP contribution in [0, 0.1) is 16.2 Å². The molecule has 0 saturated heterocycles. The Morgan fingerprint density at radius 2 is 1.10 bits per heavy atom. The summed E-state index contributed by atoms with van der Waals surface area (Å²) in [6.45, 7) is 9.11. The molecular formula is C51H42N8S2. The molecule has 0 bridgehead atoms. The molecule has 0 fully saturated rings. The Labute approximate surface area is 363 Å². The molecule has 4 aromatic carbocycles. The normalized spacial score (nSPS) is 13.9. The van der Waals surface area contributed by atoms with Crippen LogP contribution in [0.5, 0.6) is 0 Å². The molecule has 4 heterocycles. The average Bonchev–Trinajstić information content (AvgIpc) is 3.91. The Kier molecular flexibility index (Phi) is 9.38. The number of benzene rings is 4. The molecule has 8 aromatic rings. The maximum absolute atomic E-state index is 8.92. The third-order valence-corrected chi connectivity index (χ3v) is 13.8. The number of nitrogens with one attached hydrogen (secondary N) is 4. The summed E-state index contributed by atoms with van der Waals surface area (Å²) in [5, 5.41) is 28.1. The molecule has 0 spiro atoms. The highest BCUT2D eigenvalue weighted by atomic mass is 32.2. The molecule has 2 aliphatic carbocycles. The van der Waals surface area contributed by atoms with Gasteiger partial charge in [-0.1, -0.05) is 118 Å². The summed E-state index contributed by atoms with van der Waals surface area (Å²) in [6, 6.07) is 47.7. The molecule has 4 aromatic heterocycles. The summed E-state index contributed by atoms with van der Waals surface area (Å²) in [5.74, 6) is 0.451. The molecule has 61 heavy (non-hydrogen) atoms. The highest BCUT2D eigenvalue weighted by Crippen LogP contribution is 2.50. The third kappa shape index (κ3) is 6.67. The number of nitrogens with zero attached hydrogens (tertiary/aromatic N) is 4. The van der Waals surface area contributed by atoms with Crippen LogP contribution in [0.25, 0.3) is 55.8 Å². The van der Waals surface area contributed by atoms with Gasteiger partial charge in [-0.2, -0.15) is 0 Å². The van der Waals surface area contributed by atoms with E-state index in [0.29, 0.717) is 33.6 Å². The van der Waals surface area contributed by atoms with Gasteiger partial charge in [0.1, 0.15) is 15.1 Å². The molecular weight excluding hydrogens is 789 g/mol. The SMILES string of the molecule is CC1(C)c2ccccc2-c2ccc(-c3cccc(C(=N)SC(=N)c4ccc5ccc(C(=N)SCNn6cccc6-c6ccc7c(c6)C(C)(C)c6ccccc6-7)nc5n4)n3)cc21. The van der Waals surface area contributed by atoms with Crippen molar-refractivity contribution in [2.24, 2.45) is 0 Å². The van der Waals surface area contributed by atoms with Gasteiger partial charge in [0.15, 0.2) is 5.65 Å². The van der Waals surface area contributed by atoms with E-state index in [-0.39, 0.29) is 20.9 Å². The van der Waals surface area contributed by atoms with Gasteiger partial charge < -0.3 is 5.43 Å². The number of hydrogen-bond donors (Lipinski definition) is 4. The van der Waals surface area contributed by atoms with E-state index in [0.717, 1.165) is 39.7 Å². The number of fused-ring (bicyclic) bond motifs is 7. The smallest absolute Gasteiger partial charge is 0.160 e. The number of thioether (sulfide) groups is 2. The summed E-state index contributed by atoms with van der Waals surface area (Å²) < 4.78 is 2.01. The van der Waals surface area contributed by atoms with E-state index in [1.807, 2.05) is 53.3 Å². The van der Waals surface area contributed by atoms with Gasteiger partial charge in [0.2, 0.25) is 0 Å². The van der Waals surface area contributed by atoms with Crippen LogP contribution >= 0.6 is 23.5 Å². The highest BCUT2D eigenvalue weighted by Gasteiger charge is 2.36. The van der Waals surface area contributed by atoms with Gasteiger partial charge in [-0.15, -0.1) is 0 Å². The van der Waals surface area contributed by atoms with Crippen LogP contribution in [0.2, 0.25) is 0 Å². The quantitative estimate of drug-likeness (QED) is 0.0686. The predicted octanol–water partition coefficient (Wildman–Crippen LogP) is 12.1. The van der Waals surface area contributed by atoms with Gasteiger partial charge in [0.25, 0.3) is 0 Å². The fraction of sp³-hybridized carbons (Fsp3) is 0.137. The van der Waals surface area contributed by atoms with Crippen LogP contribution in [-0.2, 0) is 10.8 Å². The standard InChI is InChI=1S/C51H42N8S2/c1-50(2)37-13-7-5-11-33(37)35-22-18-31(27-39(35)50)41-15-9-16-42(56-41)47(53)61-48(54)44-25-21-30-20-24-43(57-49(30)58-44)46(52)60-29-55-59-26-10-17-45(59)32-19-23-36-34-12-6-8-14-38(34)51(3,4)40(36)28-32/h5-28,52-55H,29H2,1-4H3. The Balaban J connectivity index is 0.798. The van der Waals surface area contributed by atoms with Crippen LogP contribution in [0.3, 0.4) is 0 Å². The van der Waals surface area contributed by atoms with E-state index < -0.39 is 0 Å². The van der Waals surface area contributed by atoms with E-state index >= 15 is 0 Å². The van der Waals surface area contributed by atoms with Crippen LogP contribution < -0.4 is 5.43 Å². The average molecular weight is 831 g/mol. The first-order chi connectivity index (χ1) is 29.5. The van der Waals surface area contributed by atoms with Crippen molar-refractivity contribution in [3.63, 3.8) is 0 Å². The van der Waals surface area contributed by atoms with Crippen molar-refractivity contribution in [3.8, 4) is 44.8 Å². The van der Waals surface area contributed by atoms with Gasteiger partial charge >= 0.3 is 0 Å². The molecule has 4 N–H and O–H groups in total. The predicted molar refractivity (Wildman–Crippen MR) is 254 cm³/mol. The maximum atomic E-state index is 8.92. The zero-order valence-electron chi connectivity index (χ0n) is 34.2. The van der Waals surface area contributed by atoms with Crippen molar-refractivity contribution in [3.05, 3.63) is 185 Å². The van der Waals surface area contributed by atoms with Gasteiger partial charge in [0.05, 0.1) is 34.3 Å². The summed E-state index contributed by atoms with van der Waals surface area (Å²) in [6.07, 6.45) is 2.00. The molecule has 0 unspecified atom stereocenters. The molecule has 0 aliphatic heterocycles. The second-order valence-electron chi connectivity index (χ2n) is 16.5. The van der Waals surface area contributed by atoms with Gasteiger partial charge in [0, 0.05) is 33.5 Å². The summed E-state index contributed by atoms with van der Waals surface area (Å²) in [4.78, 5) is 14.3. The monoisotopic (exact) mass is 830 g/mol. The lowest BCUT2D eigenvalue weighted by atomic mass is 9.82. The van der Waals surface area contributed by atoms with E-state index in [1.165, 1.54) is 56.3 Å². The molecule has 298 valence electrons. The second kappa shape index (κ2) is 14.8. The summed E-state index contributed by atoms with van der Waals surface area (Å²) >= 11 is 2.36. The minimum atomic E-state index is -0.125. The highest BCUT2D eigenvalue weighted by molar-refractivity contribution is 8.27. The zero-order chi connectivity index (χ0) is 42.0. The van der Waals surface area contributed by atoms with Crippen molar-refractivity contribution in [2.45, 2.75) is 38.5 Å². The zero-order valence-corrected chi connectivity index (χ0v) is 35.8. The fourth-order valence-corrected chi connectivity index (χ4v) is 10.2. The fourth-order valence-electron chi connectivity index (χ4n) is 8.91. The Morgan fingerprint density at radius 3 is 1.75 bits per heavy atom. The van der Waals surface area contributed by atoms with Crippen molar-refractivity contribution in [1.29, 1.82) is 16.2 Å². The Morgan fingerprint density at radius 1 is 0.541 bits per heavy atom. The van der Waals surface area contributed by atoms with Crippen molar-refractivity contribution in [2.75, 3.05) is 11.3 Å². The number of rotatable bonds is 8. The van der Waals surface area contributed by atoms with Gasteiger partial charge in [-0.25, -0.2) is 15.0 Å². The maximum Gasteiger partial charge on any atom is 0.160 e. The van der Waals surface area contributed by atoms with Crippen LogP contribution in [0.15, 0.2) is 146 Å². The Bertz CT molecular complexity index is 3120. The van der Waals surface area contributed by atoms with E-state index in [1.54, 1.807) is 6.07 Å². The molecule has 0 saturated carbocycles. The molecule has 10 heteroatoms. The van der Waals surface area contributed by atoms with Crippen molar-refractivity contribution in [1.82, 2.24) is 19.6 Å². The largest absolute Gasteiger partial charge is 0.315 e. The number of pyridine rings is 3. The van der Waals surface area contributed by atoms with E-state index in [2.05, 4.69) is 124 Å². The second-order valence-corrected chi connectivity index (χ2v) is 18.5. The van der Waals surface area contributed by atoms with Gasteiger partial charge in [-0.05, 0) is 117 Å². The summed E-state index contributed by atoms with van der Waals surface area (Å²) in [7, 11) is 0. The first kappa shape index (κ1) is 38.6. The third-order valence-electron chi connectivity index (χ3n) is 12.2. The molecule has 10 rings (SSSR count). The van der Waals surface area contributed by atoms with Crippen LogP contribution in [-0.4, -0.2) is 40.6 Å². The molecule has 0 amide bonds. The van der Waals surface area contributed by atoms with Crippen LogP contribution in [0.1, 0.15) is 67.0 Å². The van der Waals surface area contributed by atoms with Gasteiger partial charge in [-0.3, -0.25) is 20.9 Å². The lowest BCUT2D eigenvalue weighted by Crippen LogP contribution is -2.16. The minimum Gasteiger partial charge on any atom is -0.315 e. The summed E-state index contributed by atoms with van der Waals surface area (Å²) in [5.41, 5.74) is 19.4. The lowest BCUT2D eigenvalue weighted by Gasteiger charge is -2.22. The van der Waals surface area contributed by atoms with E-state index in [9.17, 15) is 0 Å². The number of aromatic nitrogens is 4. The lowest BCUT2D eigenvalue weighted by molar-refractivity contribution is 0.660. The first-order valence-electron chi connectivity index (χ1n) is 20.2. The molecule has 0 atom stereocenters. The minimum absolute atomic E-state index is 0.0806. The molecule has 2 aliphatic rings. The van der Waals surface area contributed by atoms with Crippen molar-refractivity contribution >= 4 is 49.7 Å². The van der Waals surface area contributed by atoms with Crippen LogP contribution in [0.4, 0.5) is 0 Å². The Hall–Kier alpha value is -6.62. The topological polar surface area (TPSA) is 127 Å².